The van der Waals surface area contributed by atoms with E-state index in [-0.39, 0.29) is 38.0 Å². The van der Waals surface area contributed by atoms with Crippen LogP contribution in [0.5, 0.6) is 5.88 Å². The van der Waals surface area contributed by atoms with E-state index in [1.54, 1.807) is 16.7 Å². The van der Waals surface area contributed by atoms with Gasteiger partial charge in [-0.15, -0.1) is 0 Å². The van der Waals surface area contributed by atoms with Gasteiger partial charge < -0.3 is 19.1 Å². The lowest BCUT2D eigenvalue weighted by molar-refractivity contribution is -0.0254. The summed E-state index contributed by atoms with van der Waals surface area (Å²) >= 11 is 0. The predicted octanol–water partition coefficient (Wildman–Crippen LogP) is 2.21. The zero-order chi connectivity index (χ0) is 24.5. The Labute approximate surface area is 223 Å². The molecule has 10 nitrogen and oxygen atoms in total. The van der Waals surface area contributed by atoms with Crippen LogP contribution in [0.15, 0.2) is 42.7 Å². The molecule has 1 aliphatic carbocycles. The molecule has 2 aliphatic heterocycles. The Hall–Kier alpha value is -2.51. The van der Waals surface area contributed by atoms with Crippen molar-refractivity contribution in [1.29, 1.82) is 0 Å². The molecule has 12 heteroatoms. The Balaban J connectivity index is 0.00000280. The van der Waals surface area contributed by atoms with E-state index in [0.717, 1.165) is 56.1 Å². The number of nitrogens with zero attached hydrogens (tertiary/aromatic N) is 5. The van der Waals surface area contributed by atoms with E-state index in [9.17, 15) is 8.42 Å². The van der Waals surface area contributed by atoms with Crippen molar-refractivity contribution in [1.82, 2.24) is 19.3 Å². The lowest BCUT2D eigenvalue weighted by Crippen LogP contribution is -2.48. The van der Waals surface area contributed by atoms with Gasteiger partial charge in [0.2, 0.25) is 15.9 Å². The Kier molecular flexibility index (Phi) is 7.82. The minimum Gasteiger partial charge on any atom is -0.473 e. The molecule has 4 heterocycles. The third-order valence-corrected chi connectivity index (χ3v) is 9.14. The van der Waals surface area contributed by atoms with E-state index in [2.05, 4.69) is 27.0 Å². The third-order valence-electron chi connectivity index (χ3n) is 6.78. The second-order valence-corrected chi connectivity index (χ2v) is 11.5. The molecule has 0 radical (unpaired) electrons. The Morgan fingerprint density at radius 2 is 1.76 bits per heavy atom. The fourth-order valence-electron chi connectivity index (χ4n) is 4.63. The smallest absolute Gasteiger partial charge is 0.242 e. The summed E-state index contributed by atoms with van der Waals surface area (Å²) in [6.45, 7) is 4.43. The number of rotatable bonds is 7. The molecule has 37 heavy (non-hydrogen) atoms. The zero-order valence-electron chi connectivity index (χ0n) is 20.5. The van der Waals surface area contributed by atoms with Crippen molar-refractivity contribution in [2.75, 3.05) is 57.5 Å². The van der Waals surface area contributed by atoms with Crippen LogP contribution in [0.4, 0.5) is 5.69 Å². The van der Waals surface area contributed by atoms with Crippen molar-refractivity contribution in [2.24, 2.45) is 0 Å². The Morgan fingerprint density at radius 3 is 2.51 bits per heavy atom. The minimum absolute atomic E-state index is 0. The summed E-state index contributed by atoms with van der Waals surface area (Å²) in [5, 5.41) is -0.232. The van der Waals surface area contributed by atoms with Gasteiger partial charge in [-0.25, -0.2) is 18.4 Å². The van der Waals surface area contributed by atoms with Crippen LogP contribution in [-0.4, -0.2) is 91.6 Å². The summed E-state index contributed by atoms with van der Waals surface area (Å²) in [6.07, 6.45) is 4.36. The van der Waals surface area contributed by atoms with E-state index in [1.807, 2.05) is 18.2 Å². The first-order valence-corrected chi connectivity index (χ1v) is 13.9. The molecule has 3 fully saturated rings. The number of benzene rings is 1. The third kappa shape index (κ3) is 5.68. The topological polar surface area (TPSA) is 107 Å². The van der Waals surface area contributed by atoms with Gasteiger partial charge >= 0.3 is 0 Å². The molecular weight excluding hydrogens is 514 g/mol. The first-order valence-electron chi connectivity index (χ1n) is 12.4. The molecule has 0 amide bonds. The number of hydrogen-bond donors (Lipinski definition) is 0. The van der Waals surface area contributed by atoms with Gasteiger partial charge in [0.25, 0.3) is 0 Å². The summed E-state index contributed by atoms with van der Waals surface area (Å²) in [6, 6.07) is 10.2. The van der Waals surface area contributed by atoms with Crippen molar-refractivity contribution < 1.29 is 22.6 Å². The van der Waals surface area contributed by atoms with E-state index in [4.69, 9.17) is 19.2 Å². The number of hydrogen-bond acceptors (Lipinski definition) is 9. The number of anilines is 1. The summed E-state index contributed by atoms with van der Waals surface area (Å²) in [4.78, 5) is 15.9. The molecule has 1 aromatic carbocycles. The fraction of sp³-hybridized carbons (Fsp3) is 0.480. The molecule has 198 valence electrons. The quantitative estimate of drug-likeness (QED) is 0.442. The maximum absolute atomic E-state index is 12.7. The number of sulfonamides is 1. The molecule has 0 N–H and O–H groups in total. The van der Waals surface area contributed by atoms with Gasteiger partial charge in [0.05, 0.1) is 36.3 Å². The van der Waals surface area contributed by atoms with Gasteiger partial charge in [0.15, 0.2) is 5.52 Å². The molecule has 2 saturated heterocycles. The molecule has 3 aliphatic rings. The molecule has 3 aromatic rings. The van der Waals surface area contributed by atoms with Gasteiger partial charge in [0, 0.05) is 49.8 Å². The van der Waals surface area contributed by atoms with Crippen LogP contribution in [0.3, 0.4) is 0 Å². The van der Waals surface area contributed by atoms with Crippen LogP contribution < -0.4 is 9.64 Å². The highest BCUT2D eigenvalue weighted by atomic mass is 32.2. The zero-order valence-corrected chi connectivity index (χ0v) is 22.3. The summed E-state index contributed by atoms with van der Waals surface area (Å²) in [5.74, 6) is 0.360. The van der Waals surface area contributed by atoms with Gasteiger partial charge in [-0.3, -0.25) is 4.98 Å². The maximum Gasteiger partial charge on any atom is 0.242 e. The number of pyridine rings is 1. The lowest BCUT2D eigenvalue weighted by Gasteiger charge is -2.32. The highest BCUT2D eigenvalue weighted by Gasteiger charge is 2.42. The Bertz CT molecular complexity index is 1330. The molecule has 0 unspecified atom stereocenters. The van der Waals surface area contributed by atoms with E-state index < -0.39 is 10.0 Å². The molecule has 0 bridgehead atoms. The highest BCUT2D eigenvalue weighted by Crippen LogP contribution is 2.32. The predicted molar refractivity (Wildman–Crippen MR) is 145 cm³/mol. The number of ether oxygens (including phenoxy) is 3. The van der Waals surface area contributed by atoms with E-state index in [1.165, 1.54) is 0 Å². The number of morpholine rings is 2. The second kappa shape index (κ2) is 11.1. The standard InChI is InChI=1S/C25H29N5O5S.H2S/c31-36(32,21-5-6-21)30-11-14-34-20(16-30)17-35-25-24-23(26-7-8-27-24)15-22(28-25)18-1-3-19(4-2-18)29-9-12-33-13-10-29;/h1-4,7-8,15,20-21H,5-6,9-14,16-17H2;1H2/t20-;/m0./s1. The lowest BCUT2D eigenvalue weighted by atomic mass is 10.1. The average Bonchev–Trinajstić information content (AvgIpc) is 3.79. The van der Waals surface area contributed by atoms with Gasteiger partial charge in [-0.05, 0) is 31.0 Å². The summed E-state index contributed by atoms with van der Waals surface area (Å²) < 4.78 is 44.2. The molecule has 2 aromatic heterocycles. The summed E-state index contributed by atoms with van der Waals surface area (Å²) in [5.41, 5.74) is 4.06. The minimum atomic E-state index is -3.24. The van der Waals surface area contributed by atoms with E-state index >= 15 is 0 Å². The Morgan fingerprint density at radius 1 is 1.00 bits per heavy atom. The SMILES string of the molecule is O=S(=O)(C1CC1)N1CCO[C@H](COc2nc(-c3ccc(N4CCOCC4)cc3)cc3nccnc23)C1.S. The van der Waals surface area contributed by atoms with Crippen molar-refractivity contribution in [3.05, 3.63) is 42.7 Å². The largest absolute Gasteiger partial charge is 0.473 e. The highest BCUT2D eigenvalue weighted by molar-refractivity contribution is 7.90. The van der Waals surface area contributed by atoms with Crippen LogP contribution in [0.1, 0.15) is 12.8 Å². The maximum atomic E-state index is 12.7. The second-order valence-electron chi connectivity index (χ2n) is 9.29. The van der Waals surface area contributed by atoms with Gasteiger partial charge in [-0.2, -0.15) is 17.8 Å². The normalized spacial score (nSPS) is 21.0. The van der Waals surface area contributed by atoms with Crippen molar-refractivity contribution >= 4 is 40.2 Å². The molecular formula is C25H31N5O5S2. The first kappa shape index (κ1) is 26.1. The monoisotopic (exact) mass is 545 g/mol. The molecule has 0 spiro atoms. The van der Waals surface area contributed by atoms with Crippen LogP contribution in [0.2, 0.25) is 0 Å². The fourth-order valence-corrected chi connectivity index (χ4v) is 6.49. The first-order chi connectivity index (χ1) is 17.6. The van der Waals surface area contributed by atoms with Crippen LogP contribution in [-0.2, 0) is 19.5 Å². The van der Waals surface area contributed by atoms with Crippen LogP contribution >= 0.6 is 13.5 Å². The summed E-state index contributed by atoms with van der Waals surface area (Å²) in [7, 11) is -3.24. The van der Waals surface area contributed by atoms with Gasteiger partial charge in [0.1, 0.15) is 12.7 Å². The van der Waals surface area contributed by atoms with Crippen molar-refractivity contribution in [2.45, 2.75) is 24.2 Å². The molecule has 6 rings (SSSR count). The van der Waals surface area contributed by atoms with E-state index in [0.29, 0.717) is 30.1 Å². The number of aromatic nitrogens is 3. The number of fused-ring (bicyclic) bond motifs is 1. The average molecular weight is 546 g/mol. The van der Waals surface area contributed by atoms with Gasteiger partial charge in [-0.1, -0.05) is 12.1 Å². The van der Waals surface area contributed by atoms with Crippen LogP contribution in [0.25, 0.3) is 22.3 Å². The van der Waals surface area contributed by atoms with Crippen molar-refractivity contribution in [3.8, 4) is 17.1 Å². The molecule has 1 saturated carbocycles. The van der Waals surface area contributed by atoms with Crippen LogP contribution in [0, 0.1) is 0 Å². The van der Waals surface area contributed by atoms with Crippen molar-refractivity contribution in [3.63, 3.8) is 0 Å². The molecule has 1 atom stereocenters.